The van der Waals surface area contributed by atoms with Crippen molar-refractivity contribution in [2.24, 2.45) is 11.8 Å². The molecule has 16 heavy (non-hydrogen) atoms. The van der Waals surface area contributed by atoms with Crippen LogP contribution < -0.4 is 0 Å². The van der Waals surface area contributed by atoms with E-state index in [1.807, 2.05) is 19.9 Å². The highest BCUT2D eigenvalue weighted by Gasteiger charge is 2.31. The molecule has 1 fully saturated rings. The molecule has 2 amide bonds. The van der Waals surface area contributed by atoms with Crippen molar-refractivity contribution in [1.82, 2.24) is 9.80 Å². The molecule has 1 aliphatic rings. The summed E-state index contributed by atoms with van der Waals surface area (Å²) in [5.74, 6) is -0.956. The van der Waals surface area contributed by atoms with E-state index in [-0.39, 0.29) is 24.3 Å². The third-order valence-corrected chi connectivity index (χ3v) is 2.84. The number of carbonyl (C=O) groups is 2. The zero-order valence-corrected chi connectivity index (χ0v) is 9.93. The van der Waals surface area contributed by atoms with Crippen molar-refractivity contribution in [3.8, 4) is 6.07 Å². The van der Waals surface area contributed by atoms with E-state index in [4.69, 9.17) is 5.26 Å². The smallest absolute Gasteiger partial charge is 0.241 e. The summed E-state index contributed by atoms with van der Waals surface area (Å²) in [5, 5.41) is 8.92. The first-order chi connectivity index (χ1) is 7.47. The van der Waals surface area contributed by atoms with Crippen LogP contribution in [0.5, 0.6) is 0 Å². The number of carbonyl (C=O) groups excluding carboxylic acids is 2. The quantitative estimate of drug-likeness (QED) is 0.666. The van der Waals surface area contributed by atoms with Crippen molar-refractivity contribution < 1.29 is 9.59 Å². The first-order valence-corrected chi connectivity index (χ1v) is 5.39. The van der Waals surface area contributed by atoms with Crippen molar-refractivity contribution in [2.45, 2.75) is 13.8 Å². The van der Waals surface area contributed by atoms with Crippen LogP contribution in [0.1, 0.15) is 13.8 Å². The van der Waals surface area contributed by atoms with Crippen molar-refractivity contribution in [3.63, 3.8) is 0 Å². The second-order valence-electron chi connectivity index (χ2n) is 4.43. The Bertz CT molecular complexity index is 333. The van der Waals surface area contributed by atoms with Gasteiger partial charge in [-0.1, -0.05) is 13.8 Å². The summed E-state index contributed by atoms with van der Waals surface area (Å²) in [6, 6.07) is 2.01. The minimum atomic E-state index is -0.642. The highest BCUT2D eigenvalue weighted by Crippen LogP contribution is 2.14. The minimum absolute atomic E-state index is 0.0211. The van der Waals surface area contributed by atoms with Crippen LogP contribution >= 0.6 is 0 Å². The molecule has 1 heterocycles. The maximum Gasteiger partial charge on any atom is 0.241 e. The van der Waals surface area contributed by atoms with E-state index in [9.17, 15) is 9.59 Å². The third-order valence-electron chi connectivity index (χ3n) is 2.84. The second kappa shape index (κ2) is 4.97. The number of nitriles is 1. The molecular weight excluding hydrogens is 206 g/mol. The third kappa shape index (κ3) is 2.51. The molecule has 0 spiro atoms. The van der Waals surface area contributed by atoms with Gasteiger partial charge in [0, 0.05) is 20.1 Å². The molecule has 0 radical (unpaired) electrons. The predicted molar refractivity (Wildman–Crippen MR) is 58.2 cm³/mol. The summed E-state index contributed by atoms with van der Waals surface area (Å²) >= 11 is 0. The van der Waals surface area contributed by atoms with Gasteiger partial charge in [-0.15, -0.1) is 0 Å². The number of hydrogen-bond donors (Lipinski definition) is 0. The van der Waals surface area contributed by atoms with Gasteiger partial charge in [-0.3, -0.25) is 9.59 Å². The van der Waals surface area contributed by atoms with Crippen LogP contribution in [0.25, 0.3) is 0 Å². The average molecular weight is 223 g/mol. The molecule has 0 aliphatic carbocycles. The largest absolute Gasteiger partial charge is 0.342 e. The van der Waals surface area contributed by atoms with Crippen LogP contribution in [0.15, 0.2) is 0 Å². The van der Waals surface area contributed by atoms with E-state index in [1.165, 1.54) is 4.90 Å². The summed E-state index contributed by atoms with van der Waals surface area (Å²) in [6.45, 7) is 4.83. The van der Waals surface area contributed by atoms with E-state index in [0.717, 1.165) is 0 Å². The lowest BCUT2D eigenvalue weighted by Crippen LogP contribution is -2.52. The van der Waals surface area contributed by atoms with Crippen LogP contribution in [0.3, 0.4) is 0 Å². The molecule has 5 heteroatoms. The Kier molecular flexibility index (Phi) is 3.88. The number of hydrogen-bond acceptors (Lipinski definition) is 3. The van der Waals surface area contributed by atoms with Crippen LogP contribution in [-0.2, 0) is 9.59 Å². The minimum Gasteiger partial charge on any atom is -0.342 e. The number of rotatable bonds is 2. The van der Waals surface area contributed by atoms with Crippen LogP contribution in [-0.4, -0.2) is 48.3 Å². The molecule has 5 nitrogen and oxygen atoms in total. The summed E-state index contributed by atoms with van der Waals surface area (Å²) in [7, 11) is 1.72. The Labute approximate surface area is 95.6 Å². The zero-order chi connectivity index (χ0) is 12.3. The zero-order valence-electron chi connectivity index (χ0n) is 9.93. The molecule has 1 unspecified atom stereocenters. The molecule has 0 aromatic carbocycles. The van der Waals surface area contributed by atoms with Gasteiger partial charge in [0.25, 0.3) is 0 Å². The highest BCUT2D eigenvalue weighted by atomic mass is 16.2. The molecule has 0 N–H and O–H groups in total. The summed E-state index contributed by atoms with van der Waals surface area (Å²) in [4.78, 5) is 26.5. The molecular formula is C11H17N3O2. The van der Waals surface area contributed by atoms with Crippen LogP contribution in [0.2, 0.25) is 0 Å². The molecule has 0 aromatic heterocycles. The number of likely N-dealkylation sites (N-methyl/N-ethyl adjacent to an activating group) is 1. The number of amides is 2. The maximum absolute atomic E-state index is 12.0. The topological polar surface area (TPSA) is 64.4 Å². The lowest BCUT2D eigenvalue weighted by molar-refractivity contribution is -0.146. The van der Waals surface area contributed by atoms with Gasteiger partial charge in [-0.05, 0) is 5.92 Å². The fourth-order valence-electron chi connectivity index (χ4n) is 1.63. The van der Waals surface area contributed by atoms with Gasteiger partial charge < -0.3 is 9.80 Å². The van der Waals surface area contributed by atoms with E-state index >= 15 is 0 Å². The Morgan fingerprint density at radius 3 is 2.50 bits per heavy atom. The fourth-order valence-corrected chi connectivity index (χ4v) is 1.63. The molecule has 1 rings (SSSR count). The van der Waals surface area contributed by atoms with Crippen LogP contribution in [0, 0.1) is 23.2 Å². The molecule has 0 aromatic rings. The molecule has 1 aliphatic heterocycles. The molecule has 0 bridgehead atoms. The number of piperazine rings is 1. The number of nitrogens with zero attached hydrogens (tertiary/aromatic N) is 3. The highest BCUT2D eigenvalue weighted by molar-refractivity contribution is 5.88. The fraction of sp³-hybridized carbons (Fsp3) is 0.727. The SMILES string of the molecule is CC(C)C(C#N)C(=O)N1CCN(C)C(=O)C1. The lowest BCUT2D eigenvalue weighted by Gasteiger charge is -2.33. The Hall–Kier alpha value is -1.57. The summed E-state index contributed by atoms with van der Waals surface area (Å²) in [5.41, 5.74) is 0. The van der Waals surface area contributed by atoms with E-state index in [0.29, 0.717) is 13.1 Å². The van der Waals surface area contributed by atoms with Gasteiger partial charge in [0.05, 0.1) is 12.6 Å². The van der Waals surface area contributed by atoms with E-state index in [1.54, 1.807) is 11.9 Å². The van der Waals surface area contributed by atoms with Gasteiger partial charge in [-0.2, -0.15) is 5.26 Å². The van der Waals surface area contributed by atoms with E-state index in [2.05, 4.69) is 0 Å². The van der Waals surface area contributed by atoms with Crippen molar-refractivity contribution >= 4 is 11.8 Å². The molecule has 1 saturated heterocycles. The van der Waals surface area contributed by atoms with Gasteiger partial charge in [0.1, 0.15) is 5.92 Å². The first kappa shape index (κ1) is 12.5. The van der Waals surface area contributed by atoms with E-state index < -0.39 is 5.92 Å². The monoisotopic (exact) mass is 223 g/mol. The molecule has 88 valence electrons. The summed E-state index contributed by atoms with van der Waals surface area (Å²) in [6.07, 6.45) is 0. The van der Waals surface area contributed by atoms with Crippen molar-refractivity contribution in [3.05, 3.63) is 0 Å². The Morgan fingerprint density at radius 1 is 1.44 bits per heavy atom. The van der Waals surface area contributed by atoms with Gasteiger partial charge in [-0.25, -0.2) is 0 Å². The maximum atomic E-state index is 12.0. The normalized spacial score (nSPS) is 18.6. The Morgan fingerprint density at radius 2 is 2.06 bits per heavy atom. The predicted octanol–water partition coefficient (Wildman–Crippen LogP) is 0.0828. The van der Waals surface area contributed by atoms with Crippen LogP contribution in [0.4, 0.5) is 0 Å². The van der Waals surface area contributed by atoms with Gasteiger partial charge in [0.15, 0.2) is 0 Å². The second-order valence-corrected chi connectivity index (χ2v) is 4.43. The molecule has 0 saturated carbocycles. The summed E-state index contributed by atoms with van der Waals surface area (Å²) < 4.78 is 0. The molecule has 1 atom stereocenters. The first-order valence-electron chi connectivity index (χ1n) is 5.39. The van der Waals surface area contributed by atoms with Gasteiger partial charge in [0.2, 0.25) is 11.8 Å². The average Bonchev–Trinajstić information content (AvgIpc) is 2.22. The lowest BCUT2D eigenvalue weighted by atomic mass is 9.95. The Balaban J connectivity index is 2.69. The standard InChI is InChI=1S/C11H17N3O2/c1-8(2)9(6-12)11(16)14-5-4-13(3)10(15)7-14/h8-9H,4-5,7H2,1-3H3. The van der Waals surface area contributed by atoms with Crippen molar-refractivity contribution in [1.29, 1.82) is 5.26 Å². The van der Waals surface area contributed by atoms with Crippen molar-refractivity contribution in [2.75, 3.05) is 26.7 Å². The van der Waals surface area contributed by atoms with Gasteiger partial charge >= 0.3 is 0 Å².